The first-order chi connectivity index (χ1) is 15.5. The van der Waals surface area contributed by atoms with Gasteiger partial charge >= 0.3 is 12.1 Å². The third kappa shape index (κ3) is 8.71. The molecule has 0 aliphatic rings. The number of carbonyl (C=O) groups excluding carboxylic acids is 2. The molecule has 2 rings (SSSR count). The highest BCUT2D eigenvalue weighted by molar-refractivity contribution is 5.82. The molecule has 0 unspecified atom stereocenters. The number of esters is 1. The van der Waals surface area contributed by atoms with Gasteiger partial charge in [0.2, 0.25) is 5.95 Å². The molecule has 1 heterocycles. The Labute approximate surface area is 196 Å². The van der Waals surface area contributed by atoms with Crippen molar-refractivity contribution in [3.05, 3.63) is 36.5 Å². The summed E-state index contributed by atoms with van der Waals surface area (Å²) in [5.74, 6) is 0.811. The van der Waals surface area contributed by atoms with Gasteiger partial charge < -0.3 is 14.2 Å². The number of methoxy groups -OCH3 is 1. The molecule has 8 nitrogen and oxygen atoms in total. The van der Waals surface area contributed by atoms with Gasteiger partial charge in [0.25, 0.3) is 0 Å². The zero-order valence-electron chi connectivity index (χ0n) is 20.5. The lowest BCUT2D eigenvalue weighted by molar-refractivity contribution is -0.163. The van der Waals surface area contributed by atoms with Gasteiger partial charge in [-0.15, -0.1) is 0 Å². The van der Waals surface area contributed by atoms with Crippen LogP contribution in [0.3, 0.4) is 0 Å². The van der Waals surface area contributed by atoms with E-state index in [0.717, 1.165) is 12.0 Å². The third-order valence-corrected chi connectivity index (χ3v) is 4.84. The Morgan fingerprint density at radius 2 is 1.73 bits per heavy atom. The first kappa shape index (κ1) is 26.1. The minimum Gasteiger partial charge on any atom is -0.493 e. The molecule has 8 heteroatoms. The number of rotatable bonds is 9. The van der Waals surface area contributed by atoms with Crippen LogP contribution in [-0.2, 0) is 14.3 Å². The molecule has 0 bridgehead atoms. The lowest BCUT2D eigenvalue weighted by Gasteiger charge is -2.28. The Balaban J connectivity index is 2.03. The predicted octanol–water partition coefficient (Wildman–Crippen LogP) is 5.34. The van der Waals surface area contributed by atoms with E-state index in [1.54, 1.807) is 12.3 Å². The van der Waals surface area contributed by atoms with Crippen LogP contribution in [0.2, 0.25) is 0 Å². The van der Waals surface area contributed by atoms with Crippen LogP contribution in [-0.4, -0.2) is 41.3 Å². The summed E-state index contributed by atoms with van der Waals surface area (Å²) < 4.78 is 16.2. The number of anilines is 1. The average Bonchev–Trinajstić information content (AvgIpc) is 2.75. The van der Waals surface area contributed by atoms with Gasteiger partial charge in [0.1, 0.15) is 11.4 Å². The Kier molecular flexibility index (Phi) is 9.20. The molecule has 2 atom stereocenters. The number of ether oxygens (including phenoxy) is 3. The Hall–Kier alpha value is -3.16. The zero-order chi connectivity index (χ0) is 24.6. The largest absolute Gasteiger partial charge is 0.493 e. The third-order valence-electron chi connectivity index (χ3n) is 4.84. The van der Waals surface area contributed by atoms with E-state index < -0.39 is 11.7 Å². The average molecular weight is 458 g/mol. The maximum Gasteiger partial charge on any atom is 0.413 e. The van der Waals surface area contributed by atoms with Crippen molar-refractivity contribution in [3.63, 3.8) is 0 Å². The Bertz CT molecular complexity index is 922. The van der Waals surface area contributed by atoms with Crippen molar-refractivity contribution in [1.82, 2.24) is 9.97 Å². The van der Waals surface area contributed by atoms with Gasteiger partial charge in [-0.25, -0.2) is 14.8 Å². The zero-order valence-corrected chi connectivity index (χ0v) is 20.5. The van der Waals surface area contributed by atoms with E-state index in [4.69, 9.17) is 9.47 Å². The van der Waals surface area contributed by atoms with E-state index in [-0.39, 0.29) is 23.8 Å². The highest BCUT2D eigenvalue weighted by Crippen LogP contribution is 2.26. The molecule has 33 heavy (non-hydrogen) atoms. The van der Waals surface area contributed by atoms with Crippen molar-refractivity contribution in [1.29, 1.82) is 0 Å². The van der Waals surface area contributed by atoms with Crippen LogP contribution in [0.25, 0.3) is 11.3 Å². The van der Waals surface area contributed by atoms with Crippen LogP contribution in [0.1, 0.15) is 48.0 Å². The Morgan fingerprint density at radius 1 is 1.06 bits per heavy atom. The SMILES string of the molecule is COC(=O)Nc1nccc(-c2ccc(OC[C@H](C)[C@@H](CC(C)C)C(=O)OC(C)(C)C)cc2)n1. The monoisotopic (exact) mass is 457 g/mol. The predicted molar refractivity (Wildman–Crippen MR) is 127 cm³/mol. The lowest BCUT2D eigenvalue weighted by Crippen LogP contribution is -2.34. The van der Waals surface area contributed by atoms with Gasteiger partial charge in [0, 0.05) is 17.7 Å². The molecule has 0 aliphatic carbocycles. The van der Waals surface area contributed by atoms with Crippen molar-refractivity contribution < 1.29 is 23.8 Å². The van der Waals surface area contributed by atoms with Crippen molar-refractivity contribution in [2.45, 2.75) is 53.6 Å². The normalized spacial score (nSPS) is 13.2. The number of hydrogen-bond acceptors (Lipinski definition) is 7. The van der Waals surface area contributed by atoms with Gasteiger partial charge in [-0.2, -0.15) is 0 Å². The maximum atomic E-state index is 12.7. The summed E-state index contributed by atoms with van der Waals surface area (Å²) in [6.07, 6.45) is 1.67. The van der Waals surface area contributed by atoms with Gasteiger partial charge in [-0.3, -0.25) is 10.1 Å². The highest BCUT2D eigenvalue weighted by Gasteiger charge is 2.30. The van der Waals surface area contributed by atoms with E-state index in [9.17, 15) is 9.59 Å². The van der Waals surface area contributed by atoms with Gasteiger partial charge in [0.15, 0.2) is 0 Å². The molecule has 1 aromatic carbocycles. The second-order valence-electron chi connectivity index (χ2n) is 9.46. The number of amides is 1. The summed E-state index contributed by atoms with van der Waals surface area (Å²) in [6.45, 7) is 12.3. The van der Waals surface area contributed by atoms with E-state index in [0.29, 0.717) is 24.0 Å². The van der Waals surface area contributed by atoms with E-state index in [1.165, 1.54) is 7.11 Å². The fourth-order valence-electron chi connectivity index (χ4n) is 3.23. The fourth-order valence-corrected chi connectivity index (χ4v) is 3.23. The molecule has 2 aromatic rings. The summed E-state index contributed by atoms with van der Waals surface area (Å²) in [4.78, 5) is 32.4. The fraction of sp³-hybridized carbons (Fsp3) is 0.520. The molecule has 180 valence electrons. The van der Waals surface area contributed by atoms with Crippen LogP contribution in [0.4, 0.5) is 10.7 Å². The van der Waals surface area contributed by atoms with Crippen LogP contribution in [0.5, 0.6) is 5.75 Å². The summed E-state index contributed by atoms with van der Waals surface area (Å²) in [6, 6.07) is 9.20. The summed E-state index contributed by atoms with van der Waals surface area (Å²) in [5, 5.41) is 2.45. The molecule has 1 N–H and O–H groups in total. The number of aromatic nitrogens is 2. The minimum absolute atomic E-state index is 0.00394. The Morgan fingerprint density at radius 3 is 2.30 bits per heavy atom. The summed E-state index contributed by atoms with van der Waals surface area (Å²) >= 11 is 0. The number of carbonyl (C=O) groups is 2. The summed E-state index contributed by atoms with van der Waals surface area (Å²) in [5.41, 5.74) is 0.978. The quantitative estimate of drug-likeness (QED) is 0.507. The first-order valence-electron chi connectivity index (χ1n) is 11.1. The van der Waals surface area contributed by atoms with Crippen molar-refractivity contribution in [2.24, 2.45) is 17.8 Å². The topological polar surface area (TPSA) is 99.6 Å². The van der Waals surface area contributed by atoms with E-state index in [2.05, 4.69) is 33.9 Å². The first-order valence-corrected chi connectivity index (χ1v) is 11.1. The van der Waals surface area contributed by atoms with E-state index >= 15 is 0 Å². The smallest absolute Gasteiger partial charge is 0.413 e. The number of nitrogens with one attached hydrogen (secondary N) is 1. The lowest BCUT2D eigenvalue weighted by atomic mass is 9.87. The van der Waals surface area contributed by atoms with Crippen molar-refractivity contribution in [2.75, 3.05) is 19.0 Å². The molecule has 0 saturated carbocycles. The molecule has 0 fully saturated rings. The second kappa shape index (κ2) is 11.6. The molecule has 0 radical (unpaired) electrons. The van der Waals surface area contributed by atoms with Crippen molar-refractivity contribution in [3.8, 4) is 17.0 Å². The van der Waals surface area contributed by atoms with E-state index in [1.807, 2.05) is 52.0 Å². The maximum absolute atomic E-state index is 12.7. The van der Waals surface area contributed by atoms with Gasteiger partial charge in [-0.05, 0) is 63.4 Å². The number of nitrogens with zero attached hydrogens (tertiary/aromatic N) is 2. The molecule has 1 amide bonds. The molecule has 1 aromatic heterocycles. The van der Waals surface area contributed by atoms with Crippen LogP contribution in [0, 0.1) is 17.8 Å². The van der Waals surface area contributed by atoms with Crippen molar-refractivity contribution >= 4 is 18.0 Å². The standard InChI is InChI=1S/C25H35N3O5/c1-16(2)14-20(22(29)33-25(4,5)6)17(3)15-32-19-10-8-18(9-11-19)21-12-13-26-23(27-21)28-24(30)31-7/h8-13,16-17,20H,14-15H2,1-7H3,(H,26,27,28,30)/t17-,20+/m0/s1. The second-order valence-corrected chi connectivity index (χ2v) is 9.46. The van der Waals surface area contributed by atoms with Gasteiger partial charge in [-0.1, -0.05) is 20.8 Å². The minimum atomic E-state index is -0.632. The highest BCUT2D eigenvalue weighted by atomic mass is 16.6. The molecule has 0 aliphatic heterocycles. The van der Waals surface area contributed by atoms with Crippen LogP contribution in [0.15, 0.2) is 36.5 Å². The molecule has 0 saturated heterocycles. The summed E-state index contributed by atoms with van der Waals surface area (Å²) in [7, 11) is 1.28. The van der Waals surface area contributed by atoms with Gasteiger partial charge in [0.05, 0.1) is 25.3 Å². The van der Waals surface area contributed by atoms with Crippen LogP contribution < -0.4 is 10.1 Å². The number of hydrogen-bond donors (Lipinski definition) is 1. The molecule has 0 spiro atoms. The molecular weight excluding hydrogens is 422 g/mol. The molecular formula is C25H35N3O5. The number of benzene rings is 1. The van der Waals surface area contributed by atoms with Crippen LogP contribution >= 0.6 is 0 Å².